The minimum Gasteiger partial charge on any atom is -0.490 e. The molecule has 4 nitrogen and oxygen atoms in total. The van der Waals surface area contributed by atoms with E-state index in [1.807, 2.05) is 0 Å². The highest BCUT2D eigenvalue weighted by atomic mass is 35.5. The Morgan fingerprint density at radius 1 is 1.53 bits per heavy atom. The van der Waals surface area contributed by atoms with Crippen LogP contribution in [0.3, 0.4) is 0 Å². The molecule has 0 saturated heterocycles. The maximum Gasteiger partial charge on any atom is 0.198 e. The average molecular weight is 230 g/mol. The lowest BCUT2D eigenvalue weighted by Crippen LogP contribution is -2.16. The Labute approximate surface area is 95.0 Å². The summed E-state index contributed by atoms with van der Waals surface area (Å²) in [5.41, 5.74) is 0. The van der Waals surface area contributed by atoms with Gasteiger partial charge in [0.25, 0.3) is 0 Å². The van der Waals surface area contributed by atoms with Crippen molar-refractivity contribution in [2.75, 3.05) is 12.4 Å². The summed E-state index contributed by atoms with van der Waals surface area (Å²) >= 11 is 5.87. The van der Waals surface area contributed by atoms with E-state index in [-0.39, 0.29) is 0 Å². The molecule has 84 valence electrons. The molecule has 0 aliphatic heterocycles. The molecule has 1 heterocycles. The van der Waals surface area contributed by atoms with Crippen LogP contribution >= 0.6 is 11.6 Å². The molecule has 0 radical (unpaired) electrons. The Bertz CT molecular complexity index is 320. The van der Waals surface area contributed by atoms with Crippen molar-refractivity contribution in [3.63, 3.8) is 0 Å². The number of nitrogens with one attached hydrogen (secondary N) is 1. The number of methoxy groups -OCH3 is 1. The molecular formula is C10H16ClN3O. The van der Waals surface area contributed by atoms with Crippen molar-refractivity contribution in [3.05, 3.63) is 11.5 Å². The van der Waals surface area contributed by atoms with E-state index in [1.165, 1.54) is 6.33 Å². The van der Waals surface area contributed by atoms with Crippen molar-refractivity contribution in [2.45, 2.75) is 32.7 Å². The third kappa shape index (κ3) is 3.23. The highest BCUT2D eigenvalue weighted by Crippen LogP contribution is 2.28. The van der Waals surface area contributed by atoms with Gasteiger partial charge in [-0.2, -0.15) is 0 Å². The van der Waals surface area contributed by atoms with E-state index in [1.54, 1.807) is 7.11 Å². The predicted molar refractivity (Wildman–Crippen MR) is 61.6 cm³/mol. The number of hydrogen-bond acceptors (Lipinski definition) is 4. The molecular weight excluding hydrogens is 214 g/mol. The predicted octanol–water partition coefficient (Wildman–Crippen LogP) is 2.74. The molecule has 0 spiro atoms. The molecule has 0 amide bonds. The van der Waals surface area contributed by atoms with E-state index in [0.717, 1.165) is 12.8 Å². The Balaban J connectivity index is 2.80. The van der Waals surface area contributed by atoms with Crippen LogP contribution in [0.2, 0.25) is 5.15 Å². The molecule has 0 aliphatic carbocycles. The fourth-order valence-corrected chi connectivity index (χ4v) is 1.58. The van der Waals surface area contributed by atoms with Crippen molar-refractivity contribution in [1.29, 1.82) is 0 Å². The normalized spacial score (nSPS) is 12.3. The first-order valence-electron chi connectivity index (χ1n) is 5.00. The van der Waals surface area contributed by atoms with Gasteiger partial charge in [-0.15, -0.1) is 0 Å². The van der Waals surface area contributed by atoms with E-state index in [2.05, 4.69) is 29.1 Å². The molecule has 1 N–H and O–H groups in total. The maximum atomic E-state index is 5.87. The summed E-state index contributed by atoms with van der Waals surface area (Å²) < 4.78 is 5.14. The van der Waals surface area contributed by atoms with Gasteiger partial charge < -0.3 is 10.1 Å². The SMILES string of the molecule is CCCC(C)Nc1ncnc(Cl)c1OC. The molecule has 1 unspecified atom stereocenters. The van der Waals surface area contributed by atoms with Crippen molar-refractivity contribution < 1.29 is 4.74 Å². The molecule has 0 fully saturated rings. The molecule has 5 heteroatoms. The first-order valence-corrected chi connectivity index (χ1v) is 5.37. The van der Waals surface area contributed by atoms with Gasteiger partial charge in [0.15, 0.2) is 16.7 Å². The Kier molecular flexibility index (Phi) is 4.62. The molecule has 15 heavy (non-hydrogen) atoms. The quantitative estimate of drug-likeness (QED) is 0.789. The van der Waals surface area contributed by atoms with Gasteiger partial charge >= 0.3 is 0 Å². The van der Waals surface area contributed by atoms with E-state index in [9.17, 15) is 0 Å². The van der Waals surface area contributed by atoms with Gasteiger partial charge in [0, 0.05) is 6.04 Å². The molecule has 1 atom stereocenters. The van der Waals surface area contributed by atoms with Crippen LogP contribution in [0.25, 0.3) is 0 Å². The van der Waals surface area contributed by atoms with E-state index in [4.69, 9.17) is 16.3 Å². The van der Waals surface area contributed by atoms with Gasteiger partial charge in [0.2, 0.25) is 0 Å². The maximum absolute atomic E-state index is 5.87. The molecule has 1 aromatic rings. The standard InChI is InChI=1S/C10H16ClN3O/c1-4-5-7(2)14-10-8(15-3)9(11)12-6-13-10/h6-7H,4-5H2,1-3H3,(H,12,13,14). The second kappa shape index (κ2) is 5.75. The van der Waals surface area contributed by atoms with Gasteiger partial charge in [-0.1, -0.05) is 24.9 Å². The lowest BCUT2D eigenvalue weighted by Gasteiger charge is -2.15. The molecule has 0 aromatic carbocycles. The number of ether oxygens (including phenoxy) is 1. The lowest BCUT2D eigenvalue weighted by atomic mass is 10.2. The first kappa shape index (κ1) is 12.0. The number of halogens is 1. The first-order chi connectivity index (χ1) is 7.19. The zero-order valence-corrected chi connectivity index (χ0v) is 10.0. The summed E-state index contributed by atoms with van der Waals surface area (Å²) in [7, 11) is 1.56. The lowest BCUT2D eigenvalue weighted by molar-refractivity contribution is 0.412. The Hall–Kier alpha value is -1.03. The van der Waals surface area contributed by atoms with Crippen molar-refractivity contribution in [2.24, 2.45) is 0 Å². The van der Waals surface area contributed by atoms with Crippen LogP contribution < -0.4 is 10.1 Å². The van der Waals surface area contributed by atoms with Crippen LogP contribution in [-0.2, 0) is 0 Å². The number of rotatable bonds is 5. The van der Waals surface area contributed by atoms with Gasteiger partial charge in [-0.3, -0.25) is 0 Å². The van der Waals surface area contributed by atoms with E-state index >= 15 is 0 Å². The third-order valence-electron chi connectivity index (χ3n) is 2.07. The van der Waals surface area contributed by atoms with Crippen LogP contribution in [0.15, 0.2) is 6.33 Å². The van der Waals surface area contributed by atoms with Crippen LogP contribution in [0, 0.1) is 0 Å². The van der Waals surface area contributed by atoms with Crippen LogP contribution in [0.4, 0.5) is 5.82 Å². The van der Waals surface area contributed by atoms with Gasteiger partial charge in [-0.05, 0) is 13.3 Å². The highest BCUT2D eigenvalue weighted by Gasteiger charge is 2.11. The summed E-state index contributed by atoms with van der Waals surface area (Å²) in [6.45, 7) is 4.24. The van der Waals surface area contributed by atoms with Crippen LogP contribution in [0.5, 0.6) is 5.75 Å². The largest absolute Gasteiger partial charge is 0.490 e. The summed E-state index contributed by atoms with van der Waals surface area (Å²) in [4.78, 5) is 7.95. The van der Waals surface area contributed by atoms with Crippen molar-refractivity contribution in [3.8, 4) is 5.75 Å². The third-order valence-corrected chi connectivity index (χ3v) is 2.34. The number of nitrogens with zero attached hydrogens (tertiary/aromatic N) is 2. The summed E-state index contributed by atoms with van der Waals surface area (Å²) in [5.74, 6) is 1.15. The van der Waals surface area contributed by atoms with Crippen LogP contribution in [0.1, 0.15) is 26.7 Å². The monoisotopic (exact) mass is 229 g/mol. The molecule has 1 aromatic heterocycles. The van der Waals surface area contributed by atoms with E-state index in [0.29, 0.717) is 22.8 Å². The highest BCUT2D eigenvalue weighted by molar-refractivity contribution is 6.31. The molecule has 0 aliphatic rings. The second-order valence-electron chi connectivity index (χ2n) is 3.38. The Morgan fingerprint density at radius 2 is 2.27 bits per heavy atom. The minimum absolute atomic E-state index is 0.332. The summed E-state index contributed by atoms with van der Waals surface area (Å²) in [5, 5.41) is 3.57. The van der Waals surface area contributed by atoms with Gasteiger partial charge in [0.1, 0.15) is 6.33 Å². The van der Waals surface area contributed by atoms with Gasteiger partial charge in [0.05, 0.1) is 7.11 Å². The molecule has 0 bridgehead atoms. The van der Waals surface area contributed by atoms with E-state index < -0.39 is 0 Å². The van der Waals surface area contributed by atoms with Crippen molar-refractivity contribution >= 4 is 17.4 Å². The zero-order valence-electron chi connectivity index (χ0n) is 9.25. The fraction of sp³-hybridized carbons (Fsp3) is 0.600. The summed E-state index contributed by atoms with van der Waals surface area (Å²) in [6, 6.07) is 0.342. The summed E-state index contributed by atoms with van der Waals surface area (Å²) in [6.07, 6.45) is 3.62. The number of anilines is 1. The van der Waals surface area contributed by atoms with Crippen LogP contribution in [-0.4, -0.2) is 23.1 Å². The Morgan fingerprint density at radius 3 is 2.87 bits per heavy atom. The van der Waals surface area contributed by atoms with Gasteiger partial charge in [-0.25, -0.2) is 9.97 Å². The fourth-order valence-electron chi connectivity index (χ4n) is 1.37. The smallest absolute Gasteiger partial charge is 0.198 e. The molecule has 1 rings (SSSR count). The number of hydrogen-bond donors (Lipinski definition) is 1. The van der Waals surface area contributed by atoms with Crippen molar-refractivity contribution in [1.82, 2.24) is 9.97 Å². The minimum atomic E-state index is 0.332. The topological polar surface area (TPSA) is 47.0 Å². The zero-order chi connectivity index (χ0) is 11.3. The number of aromatic nitrogens is 2. The molecule has 0 saturated carbocycles. The average Bonchev–Trinajstić information content (AvgIpc) is 2.18. The second-order valence-corrected chi connectivity index (χ2v) is 3.74.